The molecule has 0 bridgehead atoms. The first kappa shape index (κ1) is 21.0. The Morgan fingerprint density at radius 1 is 1.07 bits per heavy atom. The molecule has 0 aliphatic rings. The van der Waals surface area contributed by atoms with Crippen LogP contribution in [0.2, 0.25) is 0 Å². The summed E-state index contributed by atoms with van der Waals surface area (Å²) in [6.07, 6.45) is -4.43. The third kappa shape index (κ3) is 5.58. The summed E-state index contributed by atoms with van der Waals surface area (Å²) in [5.74, 6) is 5.69. The van der Waals surface area contributed by atoms with Crippen molar-refractivity contribution in [1.29, 1.82) is 0 Å². The van der Waals surface area contributed by atoms with Crippen molar-refractivity contribution in [2.45, 2.75) is 6.18 Å². The van der Waals surface area contributed by atoms with Crippen molar-refractivity contribution in [3.8, 4) is 29.1 Å². The molecule has 148 valence electrons. The van der Waals surface area contributed by atoms with Crippen molar-refractivity contribution in [2.75, 3.05) is 27.4 Å². The van der Waals surface area contributed by atoms with Gasteiger partial charge in [0.25, 0.3) is 5.91 Å². The van der Waals surface area contributed by atoms with Gasteiger partial charge < -0.3 is 19.5 Å². The zero-order valence-corrected chi connectivity index (χ0v) is 15.2. The topological polar surface area (TPSA) is 56.8 Å². The van der Waals surface area contributed by atoms with Crippen LogP contribution < -0.4 is 19.5 Å². The van der Waals surface area contributed by atoms with E-state index < -0.39 is 17.6 Å². The van der Waals surface area contributed by atoms with Gasteiger partial charge in [-0.2, -0.15) is 13.2 Å². The Kier molecular flexibility index (Phi) is 7.15. The third-order valence-corrected chi connectivity index (χ3v) is 3.58. The minimum absolute atomic E-state index is 0.0329. The van der Waals surface area contributed by atoms with E-state index in [1.165, 1.54) is 26.4 Å². The highest BCUT2D eigenvalue weighted by molar-refractivity contribution is 5.97. The van der Waals surface area contributed by atoms with Crippen LogP contribution in [-0.2, 0) is 6.18 Å². The second kappa shape index (κ2) is 9.55. The van der Waals surface area contributed by atoms with Crippen LogP contribution in [0.25, 0.3) is 0 Å². The Morgan fingerprint density at radius 3 is 2.50 bits per heavy atom. The maximum absolute atomic E-state index is 12.6. The first-order chi connectivity index (χ1) is 13.4. The molecule has 1 amide bonds. The first-order valence-electron chi connectivity index (χ1n) is 8.11. The van der Waals surface area contributed by atoms with Gasteiger partial charge in [-0.05, 0) is 30.3 Å². The van der Waals surface area contributed by atoms with Gasteiger partial charge >= 0.3 is 6.18 Å². The molecule has 0 radical (unpaired) electrons. The zero-order valence-electron chi connectivity index (χ0n) is 15.2. The summed E-state index contributed by atoms with van der Waals surface area (Å²) in [5, 5.41) is 2.60. The molecule has 2 rings (SSSR count). The number of halogens is 3. The van der Waals surface area contributed by atoms with E-state index in [-0.39, 0.29) is 18.9 Å². The molecule has 0 heterocycles. The summed E-state index contributed by atoms with van der Waals surface area (Å²) in [6, 6.07) is 9.44. The second-order valence-electron chi connectivity index (χ2n) is 5.39. The number of para-hydroxylation sites is 1. The average molecular weight is 393 g/mol. The number of ether oxygens (including phenoxy) is 3. The number of amides is 1. The number of methoxy groups -OCH3 is 2. The van der Waals surface area contributed by atoms with Crippen molar-refractivity contribution in [3.05, 3.63) is 53.6 Å². The predicted molar refractivity (Wildman–Crippen MR) is 96.6 cm³/mol. The number of carbonyl (C=O) groups is 1. The highest BCUT2D eigenvalue weighted by Crippen LogP contribution is 2.31. The van der Waals surface area contributed by atoms with E-state index in [0.29, 0.717) is 17.1 Å². The number of hydrogen-bond acceptors (Lipinski definition) is 4. The molecule has 1 N–H and O–H groups in total. The van der Waals surface area contributed by atoms with Gasteiger partial charge in [0.1, 0.15) is 12.4 Å². The van der Waals surface area contributed by atoms with Crippen molar-refractivity contribution >= 4 is 5.91 Å². The molecule has 0 saturated heterocycles. The molecule has 0 fully saturated rings. The Morgan fingerprint density at radius 2 is 1.82 bits per heavy atom. The Labute approximate surface area is 160 Å². The Balaban J connectivity index is 1.87. The molecule has 0 unspecified atom stereocenters. The predicted octanol–water partition coefficient (Wildman–Crippen LogP) is 3.53. The highest BCUT2D eigenvalue weighted by atomic mass is 19.4. The maximum Gasteiger partial charge on any atom is 0.416 e. The van der Waals surface area contributed by atoms with Gasteiger partial charge in [0.15, 0.2) is 11.5 Å². The summed E-state index contributed by atoms with van der Waals surface area (Å²) in [7, 11) is 2.90. The second-order valence-corrected chi connectivity index (χ2v) is 5.39. The first-order valence-corrected chi connectivity index (χ1v) is 8.11. The molecule has 8 heteroatoms. The van der Waals surface area contributed by atoms with E-state index in [1.807, 2.05) is 0 Å². The number of rotatable bonds is 6. The monoisotopic (exact) mass is 393 g/mol. The molecule has 0 aliphatic carbocycles. The van der Waals surface area contributed by atoms with Gasteiger partial charge in [-0.1, -0.05) is 24.0 Å². The molecule has 0 atom stereocenters. The summed E-state index contributed by atoms with van der Waals surface area (Å²) >= 11 is 0. The van der Waals surface area contributed by atoms with Gasteiger partial charge in [0.2, 0.25) is 0 Å². The van der Waals surface area contributed by atoms with E-state index in [2.05, 4.69) is 17.2 Å². The Bertz CT molecular complexity index is 885. The number of carbonyl (C=O) groups excluding carboxylic acids is 1. The molecule has 0 aliphatic heterocycles. The van der Waals surface area contributed by atoms with Crippen LogP contribution in [0.4, 0.5) is 13.2 Å². The average Bonchev–Trinajstić information content (AvgIpc) is 2.69. The van der Waals surface area contributed by atoms with E-state index in [1.54, 1.807) is 18.2 Å². The maximum atomic E-state index is 12.6. The number of nitrogens with one attached hydrogen (secondary N) is 1. The fourth-order valence-corrected chi connectivity index (χ4v) is 2.28. The molecule has 0 aromatic heterocycles. The van der Waals surface area contributed by atoms with E-state index in [4.69, 9.17) is 14.2 Å². The minimum atomic E-state index is -4.43. The fourth-order valence-electron chi connectivity index (χ4n) is 2.28. The summed E-state index contributed by atoms with van der Waals surface area (Å²) in [4.78, 5) is 12.2. The SMILES string of the molecule is COc1cccc(C(=O)NCC#CCOc2cccc(C(F)(F)F)c2)c1OC. The van der Waals surface area contributed by atoms with E-state index in [9.17, 15) is 18.0 Å². The van der Waals surface area contributed by atoms with Crippen LogP contribution in [0, 0.1) is 11.8 Å². The molecular weight excluding hydrogens is 375 g/mol. The van der Waals surface area contributed by atoms with Gasteiger partial charge in [-0.25, -0.2) is 0 Å². The Hall–Kier alpha value is -3.34. The normalized spacial score (nSPS) is 10.5. The molecule has 28 heavy (non-hydrogen) atoms. The van der Waals surface area contributed by atoms with Gasteiger partial charge in [-0.15, -0.1) is 0 Å². The largest absolute Gasteiger partial charge is 0.493 e. The van der Waals surface area contributed by atoms with Crippen molar-refractivity contribution in [2.24, 2.45) is 0 Å². The lowest BCUT2D eigenvalue weighted by Gasteiger charge is -2.11. The van der Waals surface area contributed by atoms with E-state index >= 15 is 0 Å². The molecule has 5 nitrogen and oxygen atoms in total. The van der Waals surface area contributed by atoms with Crippen LogP contribution in [0.1, 0.15) is 15.9 Å². The van der Waals surface area contributed by atoms with Crippen molar-refractivity contribution in [3.63, 3.8) is 0 Å². The number of benzene rings is 2. The van der Waals surface area contributed by atoms with Crippen LogP contribution >= 0.6 is 0 Å². The van der Waals surface area contributed by atoms with Gasteiger partial charge in [-0.3, -0.25) is 4.79 Å². The molecule has 2 aromatic rings. The third-order valence-electron chi connectivity index (χ3n) is 3.58. The number of alkyl halides is 3. The quantitative estimate of drug-likeness (QED) is 0.763. The molecule has 0 spiro atoms. The van der Waals surface area contributed by atoms with Crippen molar-refractivity contribution in [1.82, 2.24) is 5.32 Å². The number of hydrogen-bond donors (Lipinski definition) is 1. The smallest absolute Gasteiger partial charge is 0.416 e. The fraction of sp³-hybridized carbons (Fsp3) is 0.250. The van der Waals surface area contributed by atoms with E-state index in [0.717, 1.165) is 12.1 Å². The lowest BCUT2D eigenvalue weighted by molar-refractivity contribution is -0.137. The van der Waals surface area contributed by atoms with Crippen LogP contribution in [-0.4, -0.2) is 33.3 Å². The molecule has 0 saturated carbocycles. The highest BCUT2D eigenvalue weighted by Gasteiger charge is 2.30. The summed E-state index contributed by atoms with van der Waals surface area (Å²) in [6.45, 7) is -0.0786. The zero-order chi connectivity index (χ0) is 20.6. The van der Waals surface area contributed by atoms with Crippen LogP contribution in [0.3, 0.4) is 0 Å². The lowest BCUT2D eigenvalue weighted by Crippen LogP contribution is -2.24. The van der Waals surface area contributed by atoms with Crippen LogP contribution in [0.15, 0.2) is 42.5 Å². The van der Waals surface area contributed by atoms with Gasteiger partial charge in [0.05, 0.1) is 31.9 Å². The summed E-state index contributed by atoms with van der Waals surface area (Å²) < 4.78 is 53.4. The van der Waals surface area contributed by atoms with Crippen molar-refractivity contribution < 1.29 is 32.2 Å². The van der Waals surface area contributed by atoms with Crippen LogP contribution in [0.5, 0.6) is 17.2 Å². The minimum Gasteiger partial charge on any atom is -0.493 e. The molecular formula is C20H18F3NO4. The molecule has 2 aromatic carbocycles. The lowest BCUT2D eigenvalue weighted by atomic mass is 10.1. The van der Waals surface area contributed by atoms with Gasteiger partial charge in [0, 0.05) is 0 Å². The standard InChI is InChI=1S/C20H18F3NO4/c1-26-17-10-6-9-16(18(17)27-2)19(25)24-11-3-4-12-28-15-8-5-7-14(13-15)20(21,22)23/h5-10,13H,11-12H2,1-2H3,(H,24,25). The summed E-state index contributed by atoms with van der Waals surface area (Å²) in [5.41, 5.74) is -0.499.